The van der Waals surface area contributed by atoms with Gasteiger partial charge in [0, 0.05) is 43.0 Å². The number of amides is 1. The number of nitrogens with zero attached hydrogens (tertiary/aromatic N) is 2. The summed E-state index contributed by atoms with van der Waals surface area (Å²) in [7, 11) is 0. The first-order chi connectivity index (χ1) is 8.25. The van der Waals surface area contributed by atoms with Gasteiger partial charge in [-0.15, -0.1) is 0 Å². The Balaban J connectivity index is 1.84. The molecule has 0 spiro atoms. The molecule has 1 aromatic rings. The van der Waals surface area contributed by atoms with E-state index >= 15 is 0 Å². The molecule has 92 valence electrons. The average Bonchev–Trinajstić information content (AvgIpc) is 2.37. The molecule has 17 heavy (non-hydrogen) atoms. The van der Waals surface area contributed by atoms with Gasteiger partial charge in [-0.25, -0.2) is 0 Å². The molecule has 0 atom stereocenters. The molecule has 0 radical (unpaired) electrons. The molecule has 2 N–H and O–H groups in total. The Kier molecular flexibility index (Phi) is 4.47. The molecule has 1 aromatic heterocycles. The van der Waals surface area contributed by atoms with E-state index in [1.165, 1.54) is 0 Å². The highest BCUT2D eigenvalue weighted by Gasteiger charge is 2.11. The fraction of sp³-hybridized carbons (Fsp3) is 0.455. The van der Waals surface area contributed by atoms with Gasteiger partial charge in [0.15, 0.2) is 0 Å². The minimum Gasteiger partial charge on any atom is -0.339 e. The Hall–Kier alpha value is -0.980. The standard InChI is InChI=1S/C11H15BrN4O/c12-10-5-9(6-14-7-10)11(17)15-8-16-3-1-13-2-4-16/h5-7,13H,1-4,8H2,(H,15,17). The zero-order valence-corrected chi connectivity index (χ0v) is 11.0. The molecular weight excluding hydrogens is 284 g/mol. The first-order valence-electron chi connectivity index (χ1n) is 5.57. The van der Waals surface area contributed by atoms with Crippen LogP contribution in [0.3, 0.4) is 0 Å². The molecule has 5 nitrogen and oxygen atoms in total. The number of nitrogens with one attached hydrogen (secondary N) is 2. The third kappa shape index (κ3) is 3.76. The predicted molar refractivity (Wildman–Crippen MR) is 68.7 cm³/mol. The molecule has 1 saturated heterocycles. The van der Waals surface area contributed by atoms with Crippen LogP contribution in [-0.2, 0) is 0 Å². The summed E-state index contributed by atoms with van der Waals surface area (Å²) < 4.78 is 0.812. The van der Waals surface area contributed by atoms with Gasteiger partial charge in [0.05, 0.1) is 12.2 Å². The Morgan fingerprint density at radius 3 is 2.94 bits per heavy atom. The first kappa shape index (κ1) is 12.5. The minimum atomic E-state index is -0.0858. The number of halogens is 1. The molecule has 1 amide bonds. The quantitative estimate of drug-likeness (QED) is 0.850. The molecule has 1 aliphatic rings. The van der Waals surface area contributed by atoms with Crippen LogP contribution in [0.4, 0.5) is 0 Å². The number of hydrogen-bond acceptors (Lipinski definition) is 4. The largest absolute Gasteiger partial charge is 0.339 e. The SMILES string of the molecule is O=C(NCN1CCNCC1)c1cncc(Br)c1. The van der Waals surface area contributed by atoms with Gasteiger partial charge in [-0.3, -0.25) is 14.7 Å². The summed E-state index contributed by atoms with van der Waals surface area (Å²) in [5.74, 6) is -0.0858. The monoisotopic (exact) mass is 298 g/mol. The van der Waals surface area contributed by atoms with E-state index in [-0.39, 0.29) is 5.91 Å². The average molecular weight is 299 g/mol. The van der Waals surface area contributed by atoms with Crippen LogP contribution in [-0.4, -0.2) is 48.6 Å². The van der Waals surface area contributed by atoms with Crippen LogP contribution in [0.2, 0.25) is 0 Å². The number of piperazine rings is 1. The van der Waals surface area contributed by atoms with E-state index in [0.717, 1.165) is 30.7 Å². The van der Waals surface area contributed by atoms with Crippen LogP contribution in [0.15, 0.2) is 22.9 Å². The molecular formula is C11H15BrN4O. The lowest BCUT2D eigenvalue weighted by atomic mass is 10.3. The third-order valence-electron chi connectivity index (χ3n) is 2.64. The summed E-state index contributed by atoms with van der Waals surface area (Å²) in [6.07, 6.45) is 3.23. The summed E-state index contributed by atoms with van der Waals surface area (Å²) >= 11 is 3.30. The molecule has 0 saturated carbocycles. The Morgan fingerprint density at radius 2 is 2.24 bits per heavy atom. The van der Waals surface area contributed by atoms with E-state index in [1.807, 2.05) is 0 Å². The Labute approximate surface area is 109 Å². The van der Waals surface area contributed by atoms with E-state index in [0.29, 0.717) is 12.2 Å². The zero-order valence-electron chi connectivity index (χ0n) is 9.45. The molecule has 1 aliphatic heterocycles. The summed E-state index contributed by atoms with van der Waals surface area (Å²) in [4.78, 5) is 18.0. The minimum absolute atomic E-state index is 0.0858. The van der Waals surface area contributed by atoms with Crippen molar-refractivity contribution >= 4 is 21.8 Å². The maximum absolute atomic E-state index is 11.8. The molecule has 1 fully saturated rings. The number of rotatable bonds is 3. The van der Waals surface area contributed by atoms with E-state index < -0.39 is 0 Å². The highest BCUT2D eigenvalue weighted by Crippen LogP contribution is 2.09. The number of carbonyl (C=O) groups excluding carboxylic acids is 1. The number of aromatic nitrogens is 1. The van der Waals surface area contributed by atoms with Gasteiger partial charge in [-0.05, 0) is 22.0 Å². The summed E-state index contributed by atoms with van der Waals surface area (Å²) in [6, 6.07) is 1.76. The van der Waals surface area contributed by atoms with Gasteiger partial charge in [0.25, 0.3) is 5.91 Å². The van der Waals surface area contributed by atoms with E-state index in [2.05, 4.69) is 36.4 Å². The number of pyridine rings is 1. The molecule has 6 heteroatoms. The van der Waals surface area contributed by atoms with Gasteiger partial charge < -0.3 is 10.6 Å². The predicted octanol–water partition coefficient (Wildman–Crippen LogP) is 0.437. The van der Waals surface area contributed by atoms with Crippen molar-refractivity contribution in [2.45, 2.75) is 0 Å². The first-order valence-corrected chi connectivity index (χ1v) is 6.37. The van der Waals surface area contributed by atoms with Crippen molar-refractivity contribution < 1.29 is 4.79 Å². The molecule has 0 aromatic carbocycles. The smallest absolute Gasteiger partial charge is 0.253 e. The summed E-state index contributed by atoms with van der Waals surface area (Å²) in [5, 5.41) is 6.17. The van der Waals surface area contributed by atoms with Crippen LogP contribution in [0.1, 0.15) is 10.4 Å². The fourth-order valence-corrected chi connectivity index (χ4v) is 2.06. The highest BCUT2D eigenvalue weighted by atomic mass is 79.9. The highest BCUT2D eigenvalue weighted by molar-refractivity contribution is 9.10. The Bertz CT molecular complexity index is 393. The zero-order chi connectivity index (χ0) is 12.1. The van der Waals surface area contributed by atoms with Crippen LogP contribution in [0.25, 0.3) is 0 Å². The lowest BCUT2D eigenvalue weighted by Crippen LogP contribution is -2.48. The topological polar surface area (TPSA) is 57.3 Å². The maximum atomic E-state index is 11.8. The molecule has 2 heterocycles. The van der Waals surface area contributed by atoms with Crippen molar-refractivity contribution in [3.05, 3.63) is 28.5 Å². The summed E-state index contributed by atoms with van der Waals surface area (Å²) in [6.45, 7) is 4.49. The van der Waals surface area contributed by atoms with Gasteiger partial charge in [0.2, 0.25) is 0 Å². The van der Waals surface area contributed by atoms with Crippen molar-refractivity contribution in [3.8, 4) is 0 Å². The van der Waals surface area contributed by atoms with Gasteiger partial charge in [-0.1, -0.05) is 0 Å². The second-order valence-electron chi connectivity index (χ2n) is 3.92. The van der Waals surface area contributed by atoms with Crippen molar-refractivity contribution in [1.29, 1.82) is 0 Å². The van der Waals surface area contributed by atoms with Crippen LogP contribution >= 0.6 is 15.9 Å². The van der Waals surface area contributed by atoms with Crippen molar-refractivity contribution in [2.75, 3.05) is 32.8 Å². The van der Waals surface area contributed by atoms with Crippen LogP contribution < -0.4 is 10.6 Å². The lowest BCUT2D eigenvalue weighted by Gasteiger charge is -2.27. The molecule has 0 aliphatic carbocycles. The Morgan fingerprint density at radius 1 is 1.47 bits per heavy atom. The van der Waals surface area contributed by atoms with Crippen molar-refractivity contribution in [1.82, 2.24) is 20.5 Å². The van der Waals surface area contributed by atoms with E-state index in [1.54, 1.807) is 18.5 Å². The van der Waals surface area contributed by atoms with E-state index in [9.17, 15) is 4.79 Å². The molecule has 0 bridgehead atoms. The second-order valence-corrected chi connectivity index (χ2v) is 4.84. The lowest BCUT2D eigenvalue weighted by molar-refractivity contribution is 0.0917. The maximum Gasteiger partial charge on any atom is 0.253 e. The van der Waals surface area contributed by atoms with Crippen LogP contribution in [0.5, 0.6) is 0 Å². The van der Waals surface area contributed by atoms with Gasteiger partial charge in [-0.2, -0.15) is 0 Å². The number of hydrogen-bond donors (Lipinski definition) is 2. The fourth-order valence-electron chi connectivity index (χ4n) is 1.69. The van der Waals surface area contributed by atoms with Crippen molar-refractivity contribution in [3.63, 3.8) is 0 Å². The summed E-state index contributed by atoms with van der Waals surface area (Å²) in [5.41, 5.74) is 0.578. The van der Waals surface area contributed by atoms with Crippen LogP contribution in [0, 0.1) is 0 Å². The molecule has 2 rings (SSSR count). The third-order valence-corrected chi connectivity index (χ3v) is 3.07. The second kappa shape index (κ2) is 6.09. The number of carbonyl (C=O) groups is 1. The van der Waals surface area contributed by atoms with Crippen molar-refractivity contribution in [2.24, 2.45) is 0 Å². The van der Waals surface area contributed by atoms with Gasteiger partial charge in [0.1, 0.15) is 0 Å². The molecule has 0 unspecified atom stereocenters. The normalized spacial score (nSPS) is 16.8. The van der Waals surface area contributed by atoms with Gasteiger partial charge >= 0.3 is 0 Å². The van der Waals surface area contributed by atoms with E-state index in [4.69, 9.17) is 0 Å².